The molecule has 4 nitrogen and oxygen atoms in total. The number of hydrogen-bond acceptors (Lipinski definition) is 3. The molecule has 1 aromatic rings. The fourth-order valence-electron chi connectivity index (χ4n) is 3.05. The van der Waals surface area contributed by atoms with Crippen molar-refractivity contribution in [3.63, 3.8) is 0 Å². The number of nitrogens with one attached hydrogen (secondary N) is 1. The summed E-state index contributed by atoms with van der Waals surface area (Å²) >= 11 is 0. The first-order valence-corrected chi connectivity index (χ1v) is 7.95. The predicted molar refractivity (Wildman–Crippen MR) is 87.0 cm³/mol. The first kappa shape index (κ1) is 16.0. The molecule has 0 aliphatic heterocycles. The van der Waals surface area contributed by atoms with E-state index >= 15 is 0 Å². The molecule has 2 rings (SSSR count). The average molecular weight is 289 g/mol. The summed E-state index contributed by atoms with van der Waals surface area (Å²) in [4.78, 5) is 14.3. The van der Waals surface area contributed by atoms with Crippen LogP contribution in [0, 0.1) is 5.92 Å². The molecule has 0 radical (unpaired) electrons. The molecule has 21 heavy (non-hydrogen) atoms. The number of para-hydroxylation sites is 1. The maximum absolute atomic E-state index is 12.0. The number of hydrogen-bond donors (Lipinski definition) is 2. The Labute approximate surface area is 127 Å². The van der Waals surface area contributed by atoms with E-state index in [1.54, 1.807) is 0 Å². The second kappa shape index (κ2) is 8.15. The molecular formula is C17H27N3O. The molecule has 0 aromatic heterocycles. The smallest absolute Gasteiger partial charge is 0.225 e. The van der Waals surface area contributed by atoms with Gasteiger partial charge in [0.15, 0.2) is 0 Å². The van der Waals surface area contributed by atoms with Crippen LogP contribution in [-0.2, 0) is 11.3 Å². The summed E-state index contributed by atoms with van der Waals surface area (Å²) in [6.45, 7) is 2.37. The zero-order valence-corrected chi connectivity index (χ0v) is 13.0. The highest BCUT2D eigenvalue weighted by molar-refractivity contribution is 5.91. The van der Waals surface area contributed by atoms with Crippen LogP contribution in [-0.4, -0.2) is 30.9 Å². The van der Waals surface area contributed by atoms with Gasteiger partial charge in [-0.2, -0.15) is 0 Å². The highest BCUT2D eigenvalue weighted by Crippen LogP contribution is 2.25. The fraction of sp³-hybridized carbons (Fsp3) is 0.588. The Morgan fingerprint density at radius 3 is 2.76 bits per heavy atom. The van der Waals surface area contributed by atoms with Crippen molar-refractivity contribution in [1.82, 2.24) is 4.90 Å². The Hall–Kier alpha value is -1.39. The summed E-state index contributed by atoms with van der Waals surface area (Å²) in [5, 5.41) is 2.96. The molecule has 1 saturated carbocycles. The molecule has 0 bridgehead atoms. The zero-order valence-electron chi connectivity index (χ0n) is 13.0. The van der Waals surface area contributed by atoms with Crippen LogP contribution < -0.4 is 11.1 Å². The lowest BCUT2D eigenvalue weighted by Crippen LogP contribution is -2.28. The first-order chi connectivity index (χ1) is 10.2. The summed E-state index contributed by atoms with van der Waals surface area (Å²) < 4.78 is 0. The second-order valence-corrected chi connectivity index (χ2v) is 6.07. The topological polar surface area (TPSA) is 58.4 Å². The van der Waals surface area contributed by atoms with E-state index in [-0.39, 0.29) is 5.91 Å². The molecule has 1 aromatic carbocycles. The number of nitrogens with two attached hydrogens (primary N) is 1. The van der Waals surface area contributed by atoms with E-state index in [2.05, 4.69) is 17.3 Å². The van der Waals surface area contributed by atoms with Gasteiger partial charge in [-0.05, 0) is 37.4 Å². The van der Waals surface area contributed by atoms with E-state index in [9.17, 15) is 4.79 Å². The molecule has 0 saturated heterocycles. The van der Waals surface area contributed by atoms with Crippen molar-refractivity contribution in [2.24, 2.45) is 11.7 Å². The highest BCUT2D eigenvalue weighted by atomic mass is 16.1. The van der Waals surface area contributed by atoms with E-state index in [4.69, 9.17) is 5.73 Å². The Balaban J connectivity index is 1.73. The quantitative estimate of drug-likeness (QED) is 0.811. The van der Waals surface area contributed by atoms with Gasteiger partial charge in [-0.3, -0.25) is 4.79 Å². The minimum atomic E-state index is 0.0640. The number of amides is 1. The number of nitrogens with zero attached hydrogens (tertiary/aromatic N) is 1. The Morgan fingerprint density at radius 2 is 2.05 bits per heavy atom. The van der Waals surface area contributed by atoms with Gasteiger partial charge in [0.05, 0.1) is 0 Å². The van der Waals surface area contributed by atoms with E-state index in [1.165, 1.54) is 25.7 Å². The summed E-state index contributed by atoms with van der Waals surface area (Å²) in [6.07, 6.45) is 5.96. The van der Waals surface area contributed by atoms with E-state index in [0.29, 0.717) is 13.0 Å². The van der Waals surface area contributed by atoms with Gasteiger partial charge >= 0.3 is 0 Å². The van der Waals surface area contributed by atoms with Crippen LogP contribution in [0.4, 0.5) is 5.69 Å². The van der Waals surface area contributed by atoms with Crippen molar-refractivity contribution < 1.29 is 4.79 Å². The van der Waals surface area contributed by atoms with Crippen molar-refractivity contribution in [3.8, 4) is 0 Å². The van der Waals surface area contributed by atoms with Crippen molar-refractivity contribution in [2.75, 3.05) is 25.5 Å². The van der Waals surface area contributed by atoms with E-state index < -0.39 is 0 Å². The van der Waals surface area contributed by atoms with Crippen molar-refractivity contribution in [2.45, 2.75) is 38.6 Å². The summed E-state index contributed by atoms with van der Waals surface area (Å²) in [5.41, 5.74) is 7.49. The minimum Gasteiger partial charge on any atom is -0.326 e. The number of anilines is 1. The van der Waals surface area contributed by atoms with Crippen LogP contribution in [0.1, 0.15) is 37.7 Å². The van der Waals surface area contributed by atoms with Gasteiger partial charge < -0.3 is 16.0 Å². The molecule has 0 spiro atoms. The maximum atomic E-state index is 12.0. The normalized spacial score (nSPS) is 15.6. The lowest BCUT2D eigenvalue weighted by atomic mass is 10.1. The maximum Gasteiger partial charge on any atom is 0.225 e. The molecule has 1 aliphatic carbocycles. The van der Waals surface area contributed by atoms with Gasteiger partial charge in [0, 0.05) is 31.7 Å². The highest BCUT2D eigenvalue weighted by Gasteiger charge is 2.17. The summed E-state index contributed by atoms with van der Waals surface area (Å²) in [7, 11) is 2.11. The number of carbonyl (C=O) groups excluding carboxylic acids is 1. The lowest BCUT2D eigenvalue weighted by molar-refractivity contribution is -0.116. The van der Waals surface area contributed by atoms with Gasteiger partial charge in [-0.1, -0.05) is 31.0 Å². The Kier molecular flexibility index (Phi) is 6.21. The van der Waals surface area contributed by atoms with Gasteiger partial charge in [-0.25, -0.2) is 0 Å². The Bertz CT molecular complexity index is 455. The van der Waals surface area contributed by atoms with Crippen LogP contribution in [0.15, 0.2) is 24.3 Å². The first-order valence-electron chi connectivity index (χ1n) is 7.95. The molecule has 0 heterocycles. The van der Waals surface area contributed by atoms with Crippen molar-refractivity contribution in [1.29, 1.82) is 0 Å². The summed E-state index contributed by atoms with van der Waals surface area (Å²) in [5.74, 6) is 0.894. The molecule has 0 unspecified atom stereocenters. The lowest BCUT2D eigenvalue weighted by Gasteiger charge is -2.20. The van der Waals surface area contributed by atoms with Gasteiger partial charge in [0.25, 0.3) is 0 Å². The van der Waals surface area contributed by atoms with Crippen LogP contribution in [0.5, 0.6) is 0 Å². The van der Waals surface area contributed by atoms with Crippen LogP contribution in [0.3, 0.4) is 0 Å². The van der Waals surface area contributed by atoms with Crippen molar-refractivity contribution in [3.05, 3.63) is 29.8 Å². The van der Waals surface area contributed by atoms with Gasteiger partial charge in [0.2, 0.25) is 5.91 Å². The molecular weight excluding hydrogens is 262 g/mol. The SMILES string of the molecule is CN(CCC(=O)Nc1ccccc1CN)CC1CCCC1. The van der Waals surface area contributed by atoms with E-state index in [0.717, 1.165) is 30.3 Å². The Morgan fingerprint density at radius 1 is 1.33 bits per heavy atom. The molecule has 1 aliphatic rings. The van der Waals surface area contributed by atoms with Crippen LogP contribution in [0.25, 0.3) is 0 Å². The third-order valence-electron chi connectivity index (χ3n) is 4.28. The molecule has 0 atom stereocenters. The monoisotopic (exact) mass is 289 g/mol. The third-order valence-corrected chi connectivity index (χ3v) is 4.28. The van der Waals surface area contributed by atoms with Crippen LogP contribution in [0.2, 0.25) is 0 Å². The molecule has 116 valence electrons. The molecule has 4 heteroatoms. The number of rotatable bonds is 7. The molecule has 1 fully saturated rings. The standard InChI is InChI=1S/C17H27N3O/c1-20(13-14-6-2-3-7-14)11-10-17(21)19-16-9-5-4-8-15(16)12-18/h4-5,8-9,14H,2-3,6-7,10-13,18H2,1H3,(H,19,21). The predicted octanol–water partition coefficient (Wildman–Crippen LogP) is 2.60. The second-order valence-electron chi connectivity index (χ2n) is 6.07. The zero-order chi connectivity index (χ0) is 15.1. The molecule has 1 amide bonds. The summed E-state index contributed by atoms with van der Waals surface area (Å²) in [6, 6.07) is 7.71. The van der Waals surface area contributed by atoms with Crippen LogP contribution >= 0.6 is 0 Å². The number of carbonyl (C=O) groups is 1. The van der Waals surface area contributed by atoms with E-state index in [1.807, 2.05) is 24.3 Å². The van der Waals surface area contributed by atoms with Crippen molar-refractivity contribution >= 4 is 11.6 Å². The minimum absolute atomic E-state index is 0.0640. The van der Waals surface area contributed by atoms with Gasteiger partial charge in [0.1, 0.15) is 0 Å². The third kappa shape index (κ3) is 5.14. The largest absolute Gasteiger partial charge is 0.326 e. The van der Waals surface area contributed by atoms with Gasteiger partial charge in [-0.15, -0.1) is 0 Å². The number of benzene rings is 1. The molecule has 3 N–H and O–H groups in total. The fourth-order valence-corrected chi connectivity index (χ4v) is 3.05. The average Bonchev–Trinajstić information content (AvgIpc) is 2.98.